The molecular formula is C15H22BrN. The summed E-state index contributed by atoms with van der Waals surface area (Å²) in [5.74, 6) is 1.40. The predicted molar refractivity (Wildman–Crippen MR) is 77.7 cm³/mol. The SMILES string of the molecule is CCC(CC)c1ccc(C2CCNC2)cc1Br. The van der Waals surface area contributed by atoms with Crippen LogP contribution in [-0.2, 0) is 0 Å². The smallest absolute Gasteiger partial charge is 0.0212 e. The second-order valence-electron chi connectivity index (χ2n) is 4.98. The molecule has 0 aliphatic carbocycles. The van der Waals surface area contributed by atoms with E-state index in [1.165, 1.54) is 34.9 Å². The maximum atomic E-state index is 3.76. The van der Waals surface area contributed by atoms with Crippen LogP contribution in [0, 0.1) is 0 Å². The van der Waals surface area contributed by atoms with E-state index in [9.17, 15) is 0 Å². The van der Waals surface area contributed by atoms with Crippen LogP contribution in [-0.4, -0.2) is 13.1 Å². The third-order valence-electron chi connectivity index (χ3n) is 3.98. The van der Waals surface area contributed by atoms with Crippen molar-refractivity contribution in [3.05, 3.63) is 33.8 Å². The topological polar surface area (TPSA) is 12.0 Å². The number of nitrogens with one attached hydrogen (secondary N) is 1. The highest BCUT2D eigenvalue weighted by molar-refractivity contribution is 9.10. The minimum Gasteiger partial charge on any atom is -0.316 e. The summed E-state index contributed by atoms with van der Waals surface area (Å²) in [5.41, 5.74) is 2.96. The van der Waals surface area contributed by atoms with Gasteiger partial charge < -0.3 is 5.32 Å². The van der Waals surface area contributed by atoms with Crippen molar-refractivity contribution in [3.8, 4) is 0 Å². The first-order valence-corrected chi connectivity index (χ1v) is 7.55. The Bertz CT molecular complexity index is 365. The van der Waals surface area contributed by atoms with Crippen LogP contribution in [0.1, 0.15) is 56.1 Å². The minimum atomic E-state index is 0.695. The molecule has 1 heterocycles. The van der Waals surface area contributed by atoms with Crippen molar-refractivity contribution in [1.82, 2.24) is 5.32 Å². The Hall–Kier alpha value is -0.340. The second kappa shape index (κ2) is 6.01. The quantitative estimate of drug-likeness (QED) is 0.866. The van der Waals surface area contributed by atoms with Gasteiger partial charge in [-0.15, -0.1) is 0 Å². The van der Waals surface area contributed by atoms with Crippen LogP contribution >= 0.6 is 15.9 Å². The van der Waals surface area contributed by atoms with Crippen LogP contribution in [0.15, 0.2) is 22.7 Å². The van der Waals surface area contributed by atoms with Gasteiger partial charge in [0.05, 0.1) is 0 Å². The number of benzene rings is 1. The van der Waals surface area contributed by atoms with Gasteiger partial charge in [0, 0.05) is 11.0 Å². The van der Waals surface area contributed by atoms with Crippen LogP contribution in [0.2, 0.25) is 0 Å². The van der Waals surface area contributed by atoms with E-state index in [0.717, 1.165) is 13.1 Å². The van der Waals surface area contributed by atoms with E-state index in [4.69, 9.17) is 0 Å². The van der Waals surface area contributed by atoms with Crippen molar-refractivity contribution in [2.75, 3.05) is 13.1 Å². The number of hydrogen-bond acceptors (Lipinski definition) is 1. The second-order valence-corrected chi connectivity index (χ2v) is 5.84. The van der Waals surface area contributed by atoms with Gasteiger partial charge in [0.1, 0.15) is 0 Å². The molecule has 1 N–H and O–H groups in total. The van der Waals surface area contributed by atoms with Crippen LogP contribution in [0.3, 0.4) is 0 Å². The summed E-state index contributed by atoms with van der Waals surface area (Å²) in [5, 5.41) is 3.43. The fraction of sp³-hybridized carbons (Fsp3) is 0.600. The summed E-state index contributed by atoms with van der Waals surface area (Å²) in [7, 11) is 0. The highest BCUT2D eigenvalue weighted by atomic mass is 79.9. The van der Waals surface area contributed by atoms with Gasteiger partial charge in [-0.2, -0.15) is 0 Å². The van der Waals surface area contributed by atoms with Crippen molar-refractivity contribution in [2.45, 2.75) is 44.9 Å². The molecule has 0 spiro atoms. The Morgan fingerprint density at radius 2 is 2.12 bits per heavy atom. The van der Waals surface area contributed by atoms with Crippen molar-refractivity contribution in [1.29, 1.82) is 0 Å². The summed E-state index contributed by atoms with van der Waals surface area (Å²) in [6.45, 7) is 6.85. The van der Waals surface area contributed by atoms with Gasteiger partial charge in [0.25, 0.3) is 0 Å². The Morgan fingerprint density at radius 1 is 1.35 bits per heavy atom. The molecule has 1 aromatic rings. The molecule has 1 atom stereocenters. The van der Waals surface area contributed by atoms with Gasteiger partial charge in [0.2, 0.25) is 0 Å². The average molecular weight is 296 g/mol. The average Bonchev–Trinajstić information content (AvgIpc) is 2.86. The highest BCUT2D eigenvalue weighted by Crippen LogP contribution is 2.33. The van der Waals surface area contributed by atoms with Gasteiger partial charge in [-0.3, -0.25) is 0 Å². The first-order chi connectivity index (χ1) is 8.26. The normalized spacial score (nSPS) is 20.1. The summed E-state index contributed by atoms with van der Waals surface area (Å²) in [6, 6.07) is 7.00. The molecule has 17 heavy (non-hydrogen) atoms. The lowest BCUT2D eigenvalue weighted by Crippen LogP contribution is -2.08. The van der Waals surface area contributed by atoms with Gasteiger partial charge in [-0.05, 0) is 54.8 Å². The van der Waals surface area contributed by atoms with E-state index >= 15 is 0 Å². The Labute approximate surface area is 113 Å². The van der Waals surface area contributed by atoms with Crippen molar-refractivity contribution in [3.63, 3.8) is 0 Å². The fourth-order valence-electron chi connectivity index (χ4n) is 2.80. The molecule has 2 heteroatoms. The van der Waals surface area contributed by atoms with E-state index in [-0.39, 0.29) is 0 Å². The van der Waals surface area contributed by atoms with E-state index in [1.807, 2.05) is 0 Å². The van der Waals surface area contributed by atoms with Crippen LogP contribution < -0.4 is 5.32 Å². The molecule has 1 fully saturated rings. The molecule has 0 aromatic heterocycles. The third-order valence-corrected chi connectivity index (χ3v) is 4.67. The predicted octanol–water partition coefficient (Wildman–Crippen LogP) is 4.43. The molecule has 94 valence electrons. The molecule has 0 amide bonds. The van der Waals surface area contributed by atoms with Gasteiger partial charge in [0.15, 0.2) is 0 Å². The molecule has 1 unspecified atom stereocenters. The highest BCUT2D eigenvalue weighted by Gasteiger charge is 2.18. The number of hydrogen-bond donors (Lipinski definition) is 1. The van der Waals surface area contributed by atoms with E-state index in [1.54, 1.807) is 0 Å². The molecule has 1 nitrogen and oxygen atoms in total. The lowest BCUT2D eigenvalue weighted by molar-refractivity contribution is 0.638. The molecule has 1 saturated heterocycles. The van der Waals surface area contributed by atoms with E-state index < -0.39 is 0 Å². The molecule has 2 rings (SSSR count). The zero-order valence-corrected chi connectivity index (χ0v) is 12.4. The molecular weight excluding hydrogens is 274 g/mol. The molecule has 0 saturated carbocycles. The summed E-state index contributed by atoms with van der Waals surface area (Å²) >= 11 is 3.76. The maximum Gasteiger partial charge on any atom is 0.0212 e. The first-order valence-electron chi connectivity index (χ1n) is 6.76. The molecule has 1 aliphatic rings. The Balaban J connectivity index is 2.21. The summed E-state index contributed by atoms with van der Waals surface area (Å²) in [4.78, 5) is 0. The Morgan fingerprint density at radius 3 is 2.65 bits per heavy atom. The van der Waals surface area contributed by atoms with Crippen molar-refractivity contribution in [2.24, 2.45) is 0 Å². The molecule has 1 aliphatic heterocycles. The van der Waals surface area contributed by atoms with E-state index in [2.05, 4.69) is 53.3 Å². The van der Waals surface area contributed by atoms with Crippen molar-refractivity contribution < 1.29 is 0 Å². The zero-order chi connectivity index (χ0) is 12.3. The number of rotatable bonds is 4. The number of halogens is 1. The first kappa shape index (κ1) is 13.1. The summed E-state index contributed by atoms with van der Waals surface area (Å²) < 4.78 is 1.30. The summed E-state index contributed by atoms with van der Waals surface area (Å²) in [6.07, 6.45) is 3.72. The van der Waals surface area contributed by atoms with Gasteiger partial charge >= 0.3 is 0 Å². The van der Waals surface area contributed by atoms with Crippen LogP contribution in [0.25, 0.3) is 0 Å². The van der Waals surface area contributed by atoms with Gasteiger partial charge in [-0.1, -0.05) is 41.9 Å². The lowest BCUT2D eigenvalue weighted by atomic mass is 9.91. The van der Waals surface area contributed by atoms with E-state index in [0.29, 0.717) is 11.8 Å². The van der Waals surface area contributed by atoms with Crippen LogP contribution in [0.5, 0.6) is 0 Å². The largest absolute Gasteiger partial charge is 0.316 e. The zero-order valence-electron chi connectivity index (χ0n) is 10.8. The van der Waals surface area contributed by atoms with Crippen molar-refractivity contribution >= 4 is 15.9 Å². The fourth-order valence-corrected chi connectivity index (χ4v) is 3.52. The molecule has 1 aromatic carbocycles. The molecule has 0 radical (unpaired) electrons. The lowest BCUT2D eigenvalue weighted by Gasteiger charge is -2.17. The van der Waals surface area contributed by atoms with Gasteiger partial charge in [-0.25, -0.2) is 0 Å². The minimum absolute atomic E-state index is 0.695. The standard InChI is InChI=1S/C15H22BrN/c1-3-11(4-2)14-6-5-12(9-15(14)16)13-7-8-17-10-13/h5-6,9,11,13,17H,3-4,7-8,10H2,1-2H3. The molecule has 0 bridgehead atoms. The Kier molecular flexibility index (Phi) is 4.63. The van der Waals surface area contributed by atoms with Crippen LogP contribution in [0.4, 0.5) is 0 Å². The maximum absolute atomic E-state index is 3.76. The third kappa shape index (κ3) is 2.92. The monoisotopic (exact) mass is 295 g/mol.